The number of carbonyl (C=O) groups is 3. The van der Waals surface area contributed by atoms with E-state index in [9.17, 15) is 14.4 Å². The highest BCUT2D eigenvalue weighted by Gasteiger charge is 2.17. The molecule has 6 nitrogen and oxygen atoms in total. The van der Waals surface area contributed by atoms with Gasteiger partial charge >= 0.3 is 0 Å². The molecule has 1 aromatic carbocycles. The first-order valence-corrected chi connectivity index (χ1v) is 11.9. The summed E-state index contributed by atoms with van der Waals surface area (Å²) in [6, 6.07) is 7.22. The van der Waals surface area contributed by atoms with Gasteiger partial charge in [-0.05, 0) is 62.4 Å². The Bertz CT molecular complexity index is 916. The number of amides is 2. The van der Waals surface area contributed by atoms with E-state index >= 15 is 0 Å². The van der Waals surface area contributed by atoms with Crippen LogP contribution in [0.4, 0.5) is 0 Å². The number of aryl methyl sites for hydroxylation is 2. The molecule has 1 aliphatic carbocycles. The van der Waals surface area contributed by atoms with Gasteiger partial charge in [0, 0.05) is 21.8 Å². The van der Waals surface area contributed by atoms with Crippen LogP contribution >= 0.6 is 23.1 Å². The second kappa shape index (κ2) is 10.6. The third kappa shape index (κ3) is 5.86. The quantitative estimate of drug-likeness (QED) is 0.383. The summed E-state index contributed by atoms with van der Waals surface area (Å²) in [6.07, 6.45) is 5.63. The molecule has 0 fully saturated rings. The molecule has 30 heavy (non-hydrogen) atoms. The van der Waals surface area contributed by atoms with Crippen molar-refractivity contribution in [3.05, 3.63) is 50.7 Å². The summed E-state index contributed by atoms with van der Waals surface area (Å²) in [7, 11) is 1.57. The monoisotopic (exact) mass is 446 g/mol. The first kappa shape index (κ1) is 22.4. The minimum atomic E-state index is -0.284. The van der Waals surface area contributed by atoms with Crippen LogP contribution in [0.3, 0.4) is 0 Å². The number of hydrogen-bond donors (Lipinski definition) is 2. The van der Waals surface area contributed by atoms with E-state index < -0.39 is 0 Å². The fraction of sp³-hybridized carbons (Fsp3) is 0.409. The van der Waals surface area contributed by atoms with E-state index in [4.69, 9.17) is 4.74 Å². The maximum atomic E-state index is 12.4. The Morgan fingerprint density at radius 2 is 1.90 bits per heavy atom. The average molecular weight is 447 g/mol. The van der Waals surface area contributed by atoms with Crippen LogP contribution in [0.5, 0.6) is 5.75 Å². The summed E-state index contributed by atoms with van der Waals surface area (Å²) < 4.78 is 5.33. The van der Waals surface area contributed by atoms with Crippen molar-refractivity contribution in [2.45, 2.75) is 44.8 Å². The zero-order chi connectivity index (χ0) is 21.5. The molecule has 0 bridgehead atoms. The van der Waals surface area contributed by atoms with Gasteiger partial charge in [0.2, 0.25) is 5.91 Å². The second-order valence-corrected chi connectivity index (χ2v) is 9.32. The van der Waals surface area contributed by atoms with Gasteiger partial charge in [-0.25, -0.2) is 0 Å². The minimum absolute atomic E-state index is 0.0183. The Balaban J connectivity index is 1.47. The number of thioether (sulfide) groups is 1. The van der Waals surface area contributed by atoms with Gasteiger partial charge in [-0.15, -0.1) is 23.1 Å². The molecular formula is C22H26N2O4S2. The minimum Gasteiger partial charge on any atom is -0.496 e. The molecule has 0 aliphatic heterocycles. The number of ether oxygens (including phenoxy) is 1. The normalized spacial score (nSPS) is 13.1. The first-order chi connectivity index (χ1) is 14.5. The van der Waals surface area contributed by atoms with E-state index in [0.29, 0.717) is 21.9 Å². The van der Waals surface area contributed by atoms with Crippen LogP contribution < -0.4 is 15.6 Å². The molecule has 2 N–H and O–H groups in total. The number of hydrazine groups is 1. The molecular weight excluding hydrogens is 420 g/mol. The van der Waals surface area contributed by atoms with Crippen molar-refractivity contribution in [2.24, 2.45) is 0 Å². The van der Waals surface area contributed by atoms with E-state index in [1.165, 1.54) is 59.7 Å². The van der Waals surface area contributed by atoms with Crippen LogP contribution in [0.1, 0.15) is 62.2 Å². The highest BCUT2D eigenvalue weighted by atomic mass is 32.2. The third-order valence-corrected chi connectivity index (χ3v) is 7.18. The molecule has 3 rings (SSSR count). The van der Waals surface area contributed by atoms with Crippen LogP contribution in [-0.4, -0.2) is 30.5 Å². The SMILES string of the molecule is COc1ccc(C(C)=O)cc1CSCC(=O)NNC(=O)c1cc2c(s1)CCCCC2. The first-order valence-electron chi connectivity index (χ1n) is 9.94. The van der Waals surface area contributed by atoms with E-state index in [1.807, 2.05) is 6.07 Å². The molecule has 2 amide bonds. The number of Topliss-reactive ketones (excluding diaryl/α,β-unsaturated/α-hetero) is 1. The molecule has 0 spiro atoms. The Morgan fingerprint density at radius 1 is 1.10 bits per heavy atom. The third-order valence-electron chi connectivity index (χ3n) is 4.96. The number of carbonyl (C=O) groups excluding carboxylic acids is 3. The van der Waals surface area contributed by atoms with E-state index in [-0.39, 0.29) is 23.4 Å². The number of thiophene rings is 1. The second-order valence-electron chi connectivity index (χ2n) is 7.20. The van der Waals surface area contributed by atoms with Gasteiger partial charge in [0.25, 0.3) is 5.91 Å². The van der Waals surface area contributed by atoms with Crippen LogP contribution in [0, 0.1) is 0 Å². The van der Waals surface area contributed by atoms with Gasteiger partial charge in [-0.2, -0.15) is 0 Å². The highest BCUT2D eigenvalue weighted by molar-refractivity contribution is 7.99. The molecule has 160 valence electrons. The number of hydrogen-bond acceptors (Lipinski definition) is 6. The Hall–Kier alpha value is -2.32. The summed E-state index contributed by atoms with van der Waals surface area (Å²) in [6.45, 7) is 1.51. The van der Waals surface area contributed by atoms with Crippen molar-refractivity contribution < 1.29 is 19.1 Å². The molecule has 0 atom stereocenters. The van der Waals surface area contributed by atoms with Crippen molar-refractivity contribution in [1.29, 1.82) is 0 Å². The average Bonchev–Trinajstić information content (AvgIpc) is 3.02. The predicted octanol–water partition coefficient (Wildman–Crippen LogP) is 3.92. The van der Waals surface area contributed by atoms with Gasteiger partial charge in [-0.1, -0.05) is 6.42 Å². The van der Waals surface area contributed by atoms with Crippen LogP contribution in [0.25, 0.3) is 0 Å². The summed E-state index contributed by atoms with van der Waals surface area (Å²) >= 11 is 2.91. The van der Waals surface area contributed by atoms with E-state index in [1.54, 1.807) is 25.3 Å². The number of nitrogens with one attached hydrogen (secondary N) is 2. The zero-order valence-corrected chi connectivity index (χ0v) is 18.8. The smallest absolute Gasteiger partial charge is 0.279 e. The maximum Gasteiger partial charge on any atom is 0.279 e. The standard InChI is InChI=1S/C22H26N2O4S2/c1-14(25)15-8-9-18(28-2)17(10-15)12-29-13-21(26)23-24-22(27)20-11-16-6-4-3-5-7-19(16)30-20/h8-11H,3-7,12-13H2,1-2H3,(H,23,26)(H,24,27). The molecule has 0 saturated heterocycles. The van der Waals surface area contributed by atoms with Gasteiger partial charge in [0.15, 0.2) is 5.78 Å². The van der Waals surface area contributed by atoms with Crippen molar-refractivity contribution >= 4 is 40.7 Å². The van der Waals surface area contributed by atoms with Crippen LogP contribution in [0.15, 0.2) is 24.3 Å². The number of fused-ring (bicyclic) bond motifs is 1. The lowest BCUT2D eigenvalue weighted by atomic mass is 10.1. The number of benzene rings is 1. The summed E-state index contributed by atoms with van der Waals surface area (Å²) in [5, 5.41) is 0. The molecule has 0 saturated carbocycles. The summed E-state index contributed by atoms with van der Waals surface area (Å²) in [5.74, 6) is 0.794. The topological polar surface area (TPSA) is 84.5 Å². The number of rotatable bonds is 7. The zero-order valence-electron chi connectivity index (χ0n) is 17.2. The molecule has 1 aromatic heterocycles. The van der Waals surface area contributed by atoms with Crippen molar-refractivity contribution in [2.75, 3.05) is 12.9 Å². The van der Waals surface area contributed by atoms with E-state index in [0.717, 1.165) is 18.4 Å². The number of ketones is 1. The van der Waals surface area contributed by atoms with Gasteiger partial charge < -0.3 is 4.74 Å². The van der Waals surface area contributed by atoms with Gasteiger partial charge in [-0.3, -0.25) is 25.2 Å². The largest absolute Gasteiger partial charge is 0.496 e. The molecule has 0 radical (unpaired) electrons. The molecule has 1 aliphatic rings. The van der Waals surface area contributed by atoms with Crippen LogP contribution in [-0.2, 0) is 23.4 Å². The lowest BCUT2D eigenvalue weighted by Crippen LogP contribution is -2.42. The summed E-state index contributed by atoms with van der Waals surface area (Å²) in [4.78, 5) is 38.0. The highest BCUT2D eigenvalue weighted by Crippen LogP contribution is 2.29. The number of methoxy groups -OCH3 is 1. The fourth-order valence-corrected chi connectivity index (χ4v) is 5.32. The van der Waals surface area contributed by atoms with E-state index in [2.05, 4.69) is 10.9 Å². The lowest BCUT2D eigenvalue weighted by molar-refractivity contribution is -0.119. The Kier molecular flexibility index (Phi) is 7.93. The van der Waals surface area contributed by atoms with Crippen molar-refractivity contribution in [3.8, 4) is 5.75 Å². The fourth-order valence-electron chi connectivity index (χ4n) is 3.37. The summed E-state index contributed by atoms with van der Waals surface area (Å²) in [5.41, 5.74) is 7.72. The molecule has 8 heteroatoms. The van der Waals surface area contributed by atoms with Crippen LogP contribution in [0.2, 0.25) is 0 Å². The molecule has 2 aromatic rings. The van der Waals surface area contributed by atoms with Gasteiger partial charge in [0.05, 0.1) is 17.7 Å². The lowest BCUT2D eigenvalue weighted by Gasteiger charge is -2.10. The Labute approximate surface area is 184 Å². The maximum absolute atomic E-state index is 12.4. The predicted molar refractivity (Wildman–Crippen MR) is 120 cm³/mol. The Morgan fingerprint density at radius 3 is 2.67 bits per heavy atom. The van der Waals surface area contributed by atoms with Gasteiger partial charge in [0.1, 0.15) is 5.75 Å². The molecule has 0 unspecified atom stereocenters. The van der Waals surface area contributed by atoms with Crippen molar-refractivity contribution in [1.82, 2.24) is 10.9 Å². The molecule has 1 heterocycles. The van der Waals surface area contributed by atoms with Crippen molar-refractivity contribution in [3.63, 3.8) is 0 Å².